The Labute approximate surface area is 82.6 Å². The average Bonchev–Trinajstić information content (AvgIpc) is 2.03. The number of nitrogens with one attached hydrogen (secondary N) is 1. The van der Waals surface area contributed by atoms with Gasteiger partial charge >= 0.3 is 0 Å². The van der Waals surface area contributed by atoms with Gasteiger partial charge in [-0.2, -0.15) is 0 Å². The minimum absolute atomic E-state index is 0.317. The van der Waals surface area contributed by atoms with Gasteiger partial charge in [0.25, 0.3) is 0 Å². The summed E-state index contributed by atoms with van der Waals surface area (Å²) in [5.74, 6) is 0. The first kappa shape index (κ1) is 10.8. The van der Waals surface area contributed by atoms with Gasteiger partial charge in [-0.15, -0.1) is 6.58 Å². The maximum Gasteiger partial charge on any atom is 0.00201 e. The summed E-state index contributed by atoms with van der Waals surface area (Å²) in [5, 5.41) is 3.38. The first-order valence-electron chi connectivity index (χ1n) is 5.38. The molecule has 0 aromatic carbocycles. The summed E-state index contributed by atoms with van der Waals surface area (Å²) in [6, 6.07) is 0. The van der Waals surface area contributed by atoms with E-state index in [0.29, 0.717) is 10.8 Å². The number of rotatable bonds is 5. The van der Waals surface area contributed by atoms with Crippen molar-refractivity contribution in [1.29, 1.82) is 0 Å². The Hall–Kier alpha value is -0.300. The molecule has 0 radical (unpaired) electrons. The summed E-state index contributed by atoms with van der Waals surface area (Å²) in [7, 11) is 0. The molecule has 0 bridgehead atoms. The van der Waals surface area contributed by atoms with E-state index in [2.05, 4.69) is 38.7 Å². The maximum absolute atomic E-state index is 3.89. The second kappa shape index (κ2) is 3.83. The van der Waals surface area contributed by atoms with Gasteiger partial charge in [-0.05, 0) is 30.1 Å². The molecule has 1 N–H and O–H groups in total. The maximum atomic E-state index is 3.89. The second-order valence-corrected chi connectivity index (χ2v) is 5.15. The lowest BCUT2D eigenvalue weighted by molar-refractivity contribution is 0.128. The molecule has 1 rings (SSSR count). The average molecular weight is 181 g/mol. The predicted octanol–water partition coefficient (Wildman–Crippen LogP) is 2.98. The number of allylic oxidation sites excluding steroid dienone is 1. The number of hydrogen-bond donors (Lipinski definition) is 1. The van der Waals surface area contributed by atoms with E-state index in [4.69, 9.17) is 0 Å². The molecule has 0 aliphatic carbocycles. The fourth-order valence-corrected chi connectivity index (χ4v) is 1.77. The van der Waals surface area contributed by atoms with E-state index in [0.717, 1.165) is 0 Å². The third-order valence-electron chi connectivity index (χ3n) is 3.60. The minimum atomic E-state index is 0.317. The molecule has 0 atom stereocenters. The van der Waals surface area contributed by atoms with E-state index >= 15 is 0 Å². The Balaban J connectivity index is 2.36. The monoisotopic (exact) mass is 181 g/mol. The highest BCUT2D eigenvalue weighted by Gasteiger charge is 2.35. The quantitative estimate of drug-likeness (QED) is 0.643. The van der Waals surface area contributed by atoms with Crippen molar-refractivity contribution in [3.05, 3.63) is 12.7 Å². The van der Waals surface area contributed by atoms with Crippen molar-refractivity contribution >= 4 is 0 Å². The molecule has 0 unspecified atom stereocenters. The molecule has 0 saturated carbocycles. The SMILES string of the molecule is C=CC(C)(C)CCC1(CC)CNC1. The molecule has 1 aliphatic rings. The standard InChI is InChI=1S/C12H23N/c1-5-11(3,4)7-8-12(6-2)9-13-10-12/h5,13H,1,6-10H2,2-4H3. The highest BCUT2D eigenvalue weighted by atomic mass is 15.0. The highest BCUT2D eigenvalue weighted by molar-refractivity contribution is 4.95. The van der Waals surface area contributed by atoms with Gasteiger partial charge in [0.2, 0.25) is 0 Å². The smallest absolute Gasteiger partial charge is 0.00201 e. The molecule has 1 aliphatic heterocycles. The molecule has 76 valence electrons. The third-order valence-corrected chi connectivity index (χ3v) is 3.60. The van der Waals surface area contributed by atoms with Crippen LogP contribution in [0, 0.1) is 10.8 Å². The Morgan fingerprint density at radius 3 is 2.38 bits per heavy atom. The Bertz CT molecular complexity index is 172. The van der Waals surface area contributed by atoms with E-state index in [1.54, 1.807) is 0 Å². The van der Waals surface area contributed by atoms with Gasteiger partial charge in [-0.1, -0.05) is 26.8 Å². The molecular weight excluding hydrogens is 158 g/mol. The summed E-state index contributed by atoms with van der Waals surface area (Å²) in [6.45, 7) is 13.2. The van der Waals surface area contributed by atoms with E-state index in [9.17, 15) is 0 Å². The summed E-state index contributed by atoms with van der Waals surface area (Å²) in [5.41, 5.74) is 0.929. The largest absolute Gasteiger partial charge is 0.316 e. The van der Waals surface area contributed by atoms with Crippen LogP contribution in [0.4, 0.5) is 0 Å². The van der Waals surface area contributed by atoms with Crippen LogP contribution in [0.15, 0.2) is 12.7 Å². The first-order chi connectivity index (χ1) is 6.04. The van der Waals surface area contributed by atoms with Crippen LogP contribution in [0.1, 0.15) is 40.0 Å². The van der Waals surface area contributed by atoms with Gasteiger partial charge in [-0.3, -0.25) is 0 Å². The molecule has 1 heterocycles. The van der Waals surface area contributed by atoms with Crippen molar-refractivity contribution in [3.8, 4) is 0 Å². The van der Waals surface area contributed by atoms with Crippen molar-refractivity contribution in [2.24, 2.45) is 10.8 Å². The molecule has 0 amide bonds. The van der Waals surface area contributed by atoms with Crippen LogP contribution in [-0.4, -0.2) is 13.1 Å². The first-order valence-corrected chi connectivity index (χ1v) is 5.38. The lowest BCUT2D eigenvalue weighted by atomic mass is 9.71. The Morgan fingerprint density at radius 1 is 1.46 bits per heavy atom. The Kier molecular flexibility index (Phi) is 3.18. The molecular formula is C12H23N. The van der Waals surface area contributed by atoms with Crippen LogP contribution in [0.2, 0.25) is 0 Å². The summed E-state index contributed by atoms with van der Waals surface area (Å²) >= 11 is 0. The molecule has 1 fully saturated rings. The van der Waals surface area contributed by atoms with Crippen LogP contribution in [0.5, 0.6) is 0 Å². The zero-order valence-corrected chi connectivity index (χ0v) is 9.32. The minimum Gasteiger partial charge on any atom is -0.316 e. The van der Waals surface area contributed by atoms with Gasteiger partial charge < -0.3 is 5.32 Å². The van der Waals surface area contributed by atoms with Gasteiger partial charge in [0.15, 0.2) is 0 Å². The van der Waals surface area contributed by atoms with Gasteiger partial charge in [0.05, 0.1) is 0 Å². The van der Waals surface area contributed by atoms with E-state index in [-0.39, 0.29) is 0 Å². The van der Waals surface area contributed by atoms with Gasteiger partial charge in [0, 0.05) is 13.1 Å². The van der Waals surface area contributed by atoms with Crippen molar-refractivity contribution in [2.45, 2.75) is 40.0 Å². The van der Waals surface area contributed by atoms with Crippen LogP contribution in [0.25, 0.3) is 0 Å². The summed E-state index contributed by atoms with van der Waals surface area (Å²) in [4.78, 5) is 0. The summed E-state index contributed by atoms with van der Waals surface area (Å²) < 4.78 is 0. The highest BCUT2D eigenvalue weighted by Crippen LogP contribution is 2.36. The topological polar surface area (TPSA) is 12.0 Å². The molecule has 1 heteroatoms. The normalized spacial score (nSPS) is 20.8. The molecule has 1 nitrogen and oxygen atoms in total. The molecule has 0 aromatic rings. The predicted molar refractivity (Wildman–Crippen MR) is 58.8 cm³/mol. The third kappa shape index (κ3) is 2.57. The molecule has 1 saturated heterocycles. The van der Waals surface area contributed by atoms with E-state index in [1.165, 1.54) is 32.4 Å². The molecule has 0 spiro atoms. The Morgan fingerprint density at radius 2 is 2.08 bits per heavy atom. The van der Waals surface area contributed by atoms with E-state index < -0.39 is 0 Å². The van der Waals surface area contributed by atoms with Crippen molar-refractivity contribution < 1.29 is 0 Å². The van der Waals surface area contributed by atoms with Gasteiger partial charge in [-0.25, -0.2) is 0 Å². The van der Waals surface area contributed by atoms with Crippen molar-refractivity contribution in [1.82, 2.24) is 5.32 Å². The van der Waals surface area contributed by atoms with Crippen LogP contribution < -0.4 is 5.32 Å². The van der Waals surface area contributed by atoms with E-state index in [1.807, 2.05) is 0 Å². The van der Waals surface area contributed by atoms with Crippen molar-refractivity contribution in [2.75, 3.05) is 13.1 Å². The van der Waals surface area contributed by atoms with Crippen LogP contribution in [0.3, 0.4) is 0 Å². The van der Waals surface area contributed by atoms with Crippen LogP contribution in [-0.2, 0) is 0 Å². The van der Waals surface area contributed by atoms with Crippen molar-refractivity contribution in [3.63, 3.8) is 0 Å². The zero-order valence-electron chi connectivity index (χ0n) is 9.32. The summed E-state index contributed by atoms with van der Waals surface area (Å²) in [6.07, 6.45) is 6.01. The van der Waals surface area contributed by atoms with Gasteiger partial charge in [0.1, 0.15) is 0 Å². The van der Waals surface area contributed by atoms with Crippen LogP contribution >= 0.6 is 0 Å². The number of hydrogen-bond acceptors (Lipinski definition) is 1. The fourth-order valence-electron chi connectivity index (χ4n) is 1.77. The fraction of sp³-hybridized carbons (Fsp3) is 0.833. The zero-order chi connectivity index (χ0) is 9.95. The lowest BCUT2D eigenvalue weighted by Gasteiger charge is -2.43. The lowest BCUT2D eigenvalue weighted by Crippen LogP contribution is -2.53. The molecule has 0 aromatic heterocycles. The second-order valence-electron chi connectivity index (χ2n) is 5.15. The molecule has 13 heavy (non-hydrogen) atoms.